The van der Waals surface area contributed by atoms with E-state index < -0.39 is 5.97 Å². The van der Waals surface area contributed by atoms with Gasteiger partial charge in [-0.2, -0.15) is 0 Å². The van der Waals surface area contributed by atoms with Crippen LogP contribution in [0, 0.1) is 19.8 Å². The normalized spacial score (nSPS) is 17.7. The molecule has 1 aromatic rings. The fraction of sp³-hybridized carbons (Fsp3) is 0.647. The summed E-state index contributed by atoms with van der Waals surface area (Å²) in [5, 5.41) is 12.2. The number of aryl methyl sites for hydroxylation is 2. The maximum atomic E-state index is 12.5. The van der Waals surface area contributed by atoms with Crippen molar-refractivity contribution in [2.45, 2.75) is 33.1 Å². The minimum atomic E-state index is -0.917. The van der Waals surface area contributed by atoms with Crippen molar-refractivity contribution in [1.82, 2.24) is 14.8 Å². The fourth-order valence-electron chi connectivity index (χ4n) is 2.97. The molecule has 144 valence electrons. The number of likely N-dealkylation sites (tertiary alicyclic amines) is 1. The number of carboxylic acid groups (broad SMARTS) is 1. The highest BCUT2D eigenvalue weighted by Gasteiger charge is 2.29. The molecular weight excluding hydrogens is 356 g/mol. The molecule has 2 heterocycles. The topological polar surface area (TPSA) is 103 Å². The lowest BCUT2D eigenvalue weighted by molar-refractivity contribution is -0.140. The minimum absolute atomic E-state index is 0.0532. The summed E-state index contributed by atoms with van der Waals surface area (Å²) in [7, 11) is 1.63. The van der Waals surface area contributed by atoms with E-state index in [1.807, 2.05) is 18.7 Å². The van der Waals surface area contributed by atoms with Crippen LogP contribution in [0.25, 0.3) is 0 Å². The average Bonchev–Trinajstić information content (AvgIpc) is 2.89. The van der Waals surface area contributed by atoms with Crippen molar-refractivity contribution in [2.75, 3.05) is 38.5 Å². The lowest BCUT2D eigenvalue weighted by Gasteiger charge is -2.33. The third-order valence-electron chi connectivity index (χ3n) is 4.53. The van der Waals surface area contributed by atoms with Gasteiger partial charge in [0.1, 0.15) is 0 Å². The number of aromatic nitrogens is 1. The van der Waals surface area contributed by atoms with Crippen LogP contribution in [0.3, 0.4) is 0 Å². The van der Waals surface area contributed by atoms with Crippen LogP contribution in [0.15, 0.2) is 0 Å². The summed E-state index contributed by atoms with van der Waals surface area (Å²) in [5.74, 6) is -1.30. The average molecular weight is 382 g/mol. The van der Waals surface area contributed by atoms with Gasteiger partial charge in [-0.25, -0.2) is 4.98 Å². The van der Waals surface area contributed by atoms with Crippen LogP contribution in [-0.4, -0.2) is 70.9 Å². The molecule has 2 amide bonds. The number of carbonyl (C=O) groups is 3. The molecule has 0 aliphatic carbocycles. The Balaban J connectivity index is 1.84. The van der Waals surface area contributed by atoms with Crippen molar-refractivity contribution in [1.29, 1.82) is 0 Å². The predicted molar refractivity (Wildman–Crippen MR) is 99.3 cm³/mol. The standard InChI is InChI=1S/C17H26N4O4S/c1-11-12(2)26-17(18-11)19-14(22)10-21-7-4-5-13(9-21)16(25)20(3)8-6-15(23)24/h13H,4-10H2,1-3H3,(H,23,24)(H,18,19,22). The number of hydrogen-bond donors (Lipinski definition) is 2. The van der Waals surface area contributed by atoms with Gasteiger partial charge in [0.25, 0.3) is 0 Å². The van der Waals surface area contributed by atoms with Gasteiger partial charge in [-0.3, -0.25) is 19.3 Å². The number of piperidine rings is 1. The molecule has 0 aromatic carbocycles. The first-order valence-electron chi connectivity index (χ1n) is 8.69. The van der Waals surface area contributed by atoms with Crippen molar-refractivity contribution in [3.8, 4) is 0 Å². The van der Waals surface area contributed by atoms with Crippen LogP contribution in [0.4, 0.5) is 5.13 Å². The maximum Gasteiger partial charge on any atom is 0.305 e. The first kappa shape index (κ1) is 20.3. The van der Waals surface area contributed by atoms with Crippen molar-refractivity contribution in [3.63, 3.8) is 0 Å². The Bertz CT molecular complexity index is 656. The second-order valence-corrected chi connectivity index (χ2v) is 7.89. The van der Waals surface area contributed by atoms with Crippen LogP contribution in [0.2, 0.25) is 0 Å². The van der Waals surface area contributed by atoms with E-state index in [0.29, 0.717) is 11.7 Å². The highest BCUT2D eigenvalue weighted by molar-refractivity contribution is 7.15. The quantitative estimate of drug-likeness (QED) is 0.738. The lowest BCUT2D eigenvalue weighted by atomic mass is 9.96. The van der Waals surface area contributed by atoms with E-state index in [-0.39, 0.29) is 37.2 Å². The summed E-state index contributed by atoms with van der Waals surface area (Å²) in [4.78, 5) is 44.2. The second-order valence-electron chi connectivity index (χ2n) is 6.69. The molecule has 1 aliphatic heterocycles. The van der Waals surface area contributed by atoms with E-state index in [4.69, 9.17) is 5.11 Å². The zero-order valence-electron chi connectivity index (χ0n) is 15.4. The summed E-state index contributed by atoms with van der Waals surface area (Å²) >= 11 is 1.45. The van der Waals surface area contributed by atoms with Crippen LogP contribution < -0.4 is 5.32 Å². The largest absolute Gasteiger partial charge is 0.481 e. The second kappa shape index (κ2) is 9.09. The minimum Gasteiger partial charge on any atom is -0.481 e. The van der Waals surface area contributed by atoms with E-state index in [9.17, 15) is 14.4 Å². The smallest absolute Gasteiger partial charge is 0.305 e. The zero-order valence-corrected chi connectivity index (χ0v) is 16.3. The molecule has 1 aliphatic rings. The molecule has 0 bridgehead atoms. The Morgan fingerprint density at radius 1 is 1.38 bits per heavy atom. The van der Waals surface area contributed by atoms with Crippen molar-refractivity contribution >= 4 is 34.3 Å². The Labute approximate surface area is 157 Å². The van der Waals surface area contributed by atoms with E-state index >= 15 is 0 Å². The monoisotopic (exact) mass is 382 g/mol. The predicted octanol–water partition coefficient (Wildman–Crippen LogP) is 1.34. The summed E-state index contributed by atoms with van der Waals surface area (Å²) in [5.41, 5.74) is 0.915. The lowest BCUT2D eigenvalue weighted by Crippen LogP contribution is -2.46. The molecule has 9 heteroatoms. The molecule has 1 aromatic heterocycles. The van der Waals surface area contributed by atoms with E-state index in [1.165, 1.54) is 16.2 Å². The molecule has 8 nitrogen and oxygen atoms in total. The van der Waals surface area contributed by atoms with Gasteiger partial charge in [-0.15, -0.1) is 11.3 Å². The zero-order chi connectivity index (χ0) is 19.3. The number of anilines is 1. The van der Waals surface area contributed by atoms with Gasteiger partial charge in [-0.05, 0) is 33.2 Å². The van der Waals surface area contributed by atoms with Gasteiger partial charge in [0, 0.05) is 25.0 Å². The first-order valence-corrected chi connectivity index (χ1v) is 9.51. The third kappa shape index (κ3) is 5.77. The molecule has 1 saturated heterocycles. The van der Waals surface area contributed by atoms with Crippen LogP contribution >= 0.6 is 11.3 Å². The molecule has 0 saturated carbocycles. The Morgan fingerprint density at radius 3 is 2.73 bits per heavy atom. The van der Waals surface area contributed by atoms with Gasteiger partial charge >= 0.3 is 5.97 Å². The van der Waals surface area contributed by atoms with Gasteiger partial charge in [0.05, 0.1) is 24.6 Å². The summed E-state index contributed by atoms with van der Waals surface area (Å²) in [6.45, 7) is 5.58. The van der Waals surface area contributed by atoms with Crippen LogP contribution in [0.1, 0.15) is 29.8 Å². The number of thiazole rings is 1. The highest BCUT2D eigenvalue weighted by atomic mass is 32.1. The molecule has 1 atom stereocenters. The van der Waals surface area contributed by atoms with Gasteiger partial charge in [-0.1, -0.05) is 0 Å². The summed E-state index contributed by atoms with van der Waals surface area (Å²) < 4.78 is 0. The molecule has 0 spiro atoms. The van der Waals surface area contributed by atoms with Gasteiger partial charge < -0.3 is 15.3 Å². The molecular formula is C17H26N4O4S. The molecule has 2 rings (SSSR count). The molecule has 1 unspecified atom stereocenters. The number of carbonyl (C=O) groups excluding carboxylic acids is 2. The first-order chi connectivity index (χ1) is 12.3. The van der Waals surface area contributed by atoms with Crippen LogP contribution in [0.5, 0.6) is 0 Å². The Morgan fingerprint density at radius 2 is 2.12 bits per heavy atom. The third-order valence-corrected chi connectivity index (χ3v) is 5.52. The number of nitrogens with one attached hydrogen (secondary N) is 1. The molecule has 0 radical (unpaired) electrons. The molecule has 26 heavy (non-hydrogen) atoms. The van der Waals surface area contributed by atoms with Crippen molar-refractivity contribution in [3.05, 3.63) is 10.6 Å². The SMILES string of the molecule is Cc1nc(NC(=O)CN2CCCC(C(=O)N(C)CCC(=O)O)C2)sc1C. The number of hydrogen-bond acceptors (Lipinski definition) is 6. The summed E-state index contributed by atoms with van der Waals surface area (Å²) in [6, 6.07) is 0. The van der Waals surface area contributed by atoms with E-state index in [0.717, 1.165) is 30.0 Å². The fourth-order valence-corrected chi connectivity index (χ4v) is 3.80. The molecule has 1 fully saturated rings. The van der Waals surface area contributed by atoms with Crippen molar-refractivity contribution < 1.29 is 19.5 Å². The molecule has 2 N–H and O–H groups in total. The van der Waals surface area contributed by atoms with Gasteiger partial charge in [0.2, 0.25) is 11.8 Å². The Kier molecular flexibility index (Phi) is 7.10. The van der Waals surface area contributed by atoms with E-state index in [1.54, 1.807) is 7.05 Å². The van der Waals surface area contributed by atoms with Crippen molar-refractivity contribution in [2.24, 2.45) is 5.92 Å². The highest BCUT2D eigenvalue weighted by Crippen LogP contribution is 2.22. The van der Waals surface area contributed by atoms with E-state index in [2.05, 4.69) is 10.3 Å². The number of aliphatic carboxylic acids is 1. The Hall–Kier alpha value is -2.00. The van der Waals surface area contributed by atoms with Crippen LogP contribution in [-0.2, 0) is 14.4 Å². The summed E-state index contributed by atoms with van der Waals surface area (Å²) in [6.07, 6.45) is 1.54. The maximum absolute atomic E-state index is 12.5. The number of rotatable bonds is 7. The number of amides is 2. The van der Waals surface area contributed by atoms with Gasteiger partial charge in [0.15, 0.2) is 5.13 Å². The number of carboxylic acids is 1. The number of nitrogens with zero attached hydrogens (tertiary/aromatic N) is 3.